The molecule has 1 aromatic carbocycles. The first-order chi connectivity index (χ1) is 19.0. The Morgan fingerprint density at radius 2 is 1.98 bits per heavy atom. The number of rotatable bonds is 10. The predicted molar refractivity (Wildman–Crippen MR) is 152 cm³/mol. The maximum Gasteiger partial charge on any atom is 0.251 e. The molecule has 0 saturated carbocycles. The Bertz CT molecular complexity index is 1110. The minimum absolute atomic E-state index is 0.0667. The fourth-order valence-electron chi connectivity index (χ4n) is 5.98. The van der Waals surface area contributed by atoms with Gasteiger partial charge in [-0.1, -0.05) is 23.2 Å². The lowest BCUT2D eigenvalue weighted by Gasteiger charge is -2.38. The third kappa shape index (κ3) is 8.26. The number of ether oxygens (including phenoxy) is 1. The summed E-state index contributed by atoms with van der Waals surface area (Å²) in [6.45, 7) is 6.74. The molecule has 3 saturated heterocycles. The highest BCUT2D eigenvalue weighted by Gasteiger charge is 2.46. The van der Waals surface area contributed by atoms with Gasteiger partial charge in [-0.25, -0.2) is 17.2 Å². The number of carbonyl (C=O) groups is 1. The molecule has 1 aromatic rings. The van der Waals surface area contributed by atoms with Crippen LogP contribution in [0.5, 0.6) is 0 Å². The Kier molecular flexibility index (Phi) is 11.1. The molecule has 0 aliphatic carbocycles. The van der Waals surface area contributed by atoms with Gasteiger partial charge in [0, 0.05) is 44.0 Å². The van der Waals surface area contributed by atoms with Crippen molar-refractivity contribution >= 4 is 39.1 Å². The molecule has 1 N–H and O–H groups in total. The molecule has 0 bridgehead atoms. The quantitative estimate of drug-likeness (QED) is 0.423. The lowest BCUT2D eigenvalue weighted by Crippen LogP contribution is -2.52. The number of carbonyl (C=O) groups excluding carboxylic acids is 1. The van der Waals surface area contributed by atoms with Gasteiger partial charge in [-0.05, 0) is 82.4 Å². The number of sulfonamides is 1. The van der Waals surface area contributed by atoms with Gasteiger partial charge < -0.3 is 19.9 Å². The van der Waals surface area contributed by atoms with E-state index in [4.69, 9.17) is 27.9 Å². The van der Waals surface area contributed by atoms with E-state index in [2.05, 4.69) is 10.2 Å². The van der Waals surface area contributed by atoms with E-state index in [0.29, 0.717) is 18.7 Å². The molecule has 40 heavy (non-hydrogen) atoms. The van der Waals surface area contributed by atoms with E-state index < -0.39 is 34.8 Å². The molecule has 226 valence electrons. The van der Waals surface area contributed by atoms with Crippen LogP contribution in [-0.4, -0.2) is 106 Å². The van der Waals surface area contributed by atoms with Gasteiger partial charge in [0.05, 0.1) is 17.7 Å². The maximum atomic E-state index is 14.4. The highest BCUT2D eigenvalue weighted by atomic mass is 35.5. The van der Waals surface area contributed by atoms with E-state index in [1.165, 1.54) is 25.0 Å². The van der Waals surface area contributed by atoms with Crippen LogP contribution in [-0.2, 0) is 19.6 Å². The van der Waals surface area contributed by atoms with Crippen molar-refractivity contribution < 1.29 is 26.7 Å². The lowest BCUT2D eigenvalue weighted by molar-refractivity contribution is -0.137. The highest BCUT2D eigenvalue weighted by molar-refractivity contribution is 7.89. The molecule has 13 heteroatoms. The van der Waals surface area contributed by atoms with E-state index in [9.17, 15) is 22.0 Å². The van der Waals surface area contributed by atoms with Crippen LogP contribution in [0, 0.1) is 12.8 Å². The fourth-order valence-corrected chi connectivity index (χ4v) is 8.73. The van der Waals surface area contributed by atoms with Crippen molar-refractivity contribution in [2.45, 2.75) is 62.3 Å². The molecule has 1 unspecified atom stereocenters. The summed E-state index contributed by atoms with van der Waals surface area (Å²) in [4.78, 5) is 16.9. The number of halogens is 4. The largest absolute Gasteiger partial charge is 0.370 e. The van der Waals surface area contributed by atoms with Crippen molar-refractivity contribution in [1.29, 1.82) is 0 Å². The molecule has 0 aromatic heterocycles. The second kappa shape index (κ2) is 13.9. The molecule has 8 nitrogen and oxygen atoms in total. The van der Waals surface area contributed by atoms with Crippen molar-refractivity contribution in [3.8, 4) is 0 Å². The molecule has 3 aliphatic rings. The number of alkyl halides is 2. The Morgan fingerprint density at radius 3 is 2.70 bits per heavy atom. The summed E-state index contributed by atoms with van der Waals surface area (Å²) in [7, 11) is -4.21. The second-order valence-corrected chi connectivity index (χ2v) is 13.9. The first-order valence-electron chi connectivity index (χ1n) is 14.1. The lowest BCUT2D eigenvalue weighted by atomic mass is 10.0. The molecule has 3 aliphatic heterocycles. The van der Waals surface area contributed by atoms with Gasteiger partial charge in [-0.15, -0.1) is 0 Å². The zero-order valence-corrected chi connectivity index (χ0v) is 25.3. The number of amides is 1. The first kappa shape index (κ1) is 31.8. The normalized spacial score (nSPS) is 24.8. The minimum Gasteiger partial charge on any atom is -0.370 e. The van der Waals surface area contributed by atoms with Gasteiger partial charge in [-0.2, -0.15) is 4.31 Å². The van der Waals surface area contributed by atoms with Gasteiger partial charge in [-0.3, -0.25) is 4.79 Å². The number of aryl methyl sites for hydroxylation is 1. The van der Waals surface area contributed by atoms with Crippen molar-refractivity contribution in [2.24, 2.45) is 5.92 Å². The number of piperidine rings is 1. The molecule has 2 atom stereocenters. The van der Waals surface area contributed by atoms with Crippen LogP contribution in [0.25, 0.3) is 0 Å². The van der Waals surface area contributed by atoms with Crippen LogP contribution >= 0.6 is 23.2 Å². The molecular formula is C27H40Cl2F2N4O4S. The molecule has 0 spiro atoms. The van der Waals surface area contributed by atoms with E-state index in [-0.39, 0.29) is 40.6 Å². The molecule has 1 amide bonds. The summed E-state index contributed by atoms with van der Waals surface area (Å²) in [5.41, 5.74) is 0.329. The van der Waals surface area contributed by atoms with Gasteiger partial charge in [0.1, 0.15) is 11.5 Å². The summed E-state index contributed by atoms with van der Waals surface area (Å²) in [6.07, 6.45) is 3.18. The third-order valence-corrected chi connectivity index (χ3v) is 10.9. The maximum absolute atomic E-state index is 14.4. The summed E-state index contributed by atoms with van der Waals surface area (Å²) in [5.74, 6) is -2.48. The summed E-state index contributed by atoms with van der Waals surface area (Å²) in [6, 6.07) is 1.65. The van der Waals surface area contributed by atoms with Crippen LogP contribution in [0.2, 0.25) is 10.0 Å². The van der Waals surface area contributed by atoms with Crippen LogP contribution in [0.15, 0.2) is 17.0 Å². The average Bonchev–Trinajstić information content (AvgIpc) is 3.26. The van der Waals surface area contributed by atoms with Crippen molar-refractivity contribution in [3.05, 3.63) is 27.7 Å². The monoisotopic (exact) mass is 624 g/mol. The standard InChI is InChI=1S/C27H40Cl2F2N4O4S/c1-20-14-22(28)15-24(29)26(20)40(37,38)35-11-6-27(30,31)16-23(35)18-39-19-25(36)34-10-3-9-33(12-13-34)8-2-4-21-5-7-32-17-21/h14-15,21,23,32H,2-13,16-19H2,1H3/t21?,23-/m0/s1. The number of hydrogen-bond acceptors (Lipinski definition) is 6. The Hall–Kier alpha value is -1.08. The second-order valence-electron chi connectivity index (χ2n) is 11.2. The summed E-state index contributed by atoms with van der Waals surface area (Å²) >= 11 is 12.2. The van der Waals surface area contributed by atoms with Crippen molar-refractivity contribution in [1.82, 2.24) is 19.4 Å². The topological polar surface area (TPSA) is 82.2 Å². The highest BCUT2D eigenvalue weighted by Crippen LogP contribution is 2.38. The van der Waals surface area contributed by atoms with Crippen LogP contribution in [0.3, 0.4) is 0 Å². The number of nitrogens with zero attached hydrogens (tertiary/aromatic N) is 3. The zero-order valence-electron chi connectivity index (χ0n) is 23.0. The van der Waals surface area contributed by atoms with Gasteiger partial charge in [0.2, 0.25) is 15.9 Å². The SMILES string of the molecule is Cc1cc(Cl)cc(Cl)c1S(=O)(=O)N1CCC(F)(F)C[C@H]1COCC(=O)N1CCCN(CCCC2CCNC2)CC1. The van der Waals surface area contributed by atoms with E-state index in [0.717, 1.165) is 55.8 Å². The summed E-state index contributed by atoms with van der Waals surface area (Å²) in [5, 5.41) is 3.62. The van der Waals surface area contributed by atoms with Crippen molar-refractivity contribution in [3.63, 3.8) is 0 Å². The van der Waals surface area contributed by atoms with Crippen LogP contribution < -0.4 is 5.32 Å². The summed E-state index contributed by atoms with van der Waals surface area (Å²) < 4.78 is 62.4. The molecule has 3 fully saturated rings. The smallest absolute Gasteiger partial charge is 0.251 e. The third-order valence-electron chi connectivity index (χ3n) is 8.13. The number of benzene rings is 1. The van der Waals surface area contributed by atoms with Crippen LogP contribution in [0.4, 0.5) is 8.78 Å². The van der Waals surface area contributed by atoms with Gasteiger partial charge >= 0.3 is 0 Å². The van der Waals surface area contributed by atoms with E-state index >= 15 is 0 Å². The number of nitrogens with one attached hydrogen (secondary N) is 1. The zero-order chi connectivity index (χ0) is 28.9. The van der Waals surface area contributed by atoms with Gasteiger partial charge in [0.15, 0.2) is 0 Å². The predicted octanol–water partition coefficient (Wildman–Crippen LogP) is 4.03. The first-order valence-corrected chi connectivity index (χ1v) is 16.3. The molecule has 3 heterocycles. The minimum atomic E-state index is -4.21. The van der Waals surface area contributed by atoms with Gasteiger partial charge in [0.25, 0.3) is 5.92 Å². The van der Waals surface area contributed by atoms with E-state index in [1.54, 1.807) is 11.8 Å². The Labute approximate surface area is 246 Å². The molecular weight excluding hydrogens is 585 g/mol. The number of hydrogen-bond donors (Lipinski definition) is 1. The molecule has 0 radical (unpaired) electrons. The van der Waals surface area contributed by atoms with Crippen molar-refractivity contribution in [2.75, 3.05) is 65.6 Å². The molecule has 4 rings (SSSR count). The van der Waals surface area contributed by atoms with E-state index in [1.807, 2.05) is 0 Å². The average molecular weight is 626 g/mol. The Morgan fingerprint density at radius 1 is 1.18 bits per heavy atom. The fraction of sp³-hybridized carbons (Fsp3) is 0.741. The Balaban J connectivity index is 1.30. The van der Waals surface area contributed by atoms with Crippen LogP contribution in [0.1, 0.15) is 44.1 Å².